The average molecular weight is 324 g/mol. The van der Waals surface area contributed by atoms with Crippen LogP contribution < -0.4 is 0 Å². The third-order valence-corrected chi connectivity index (χ3v) is 6.01. The molecule has 0 radical (unpaired) electrons. The first-order valence-corrected chi connectivity index (χ1v) is 9.40. The Bertz CT molecular complexity index is 636. The molecule has 1 spiro atoms. The smallest absolute Gasteiger partial charge is 0.225 e. The van der Waals surface area contributed by atoms with Crippen molar-refractivity contribution in [2.45, 2.75) is 38.6 Å². The van der Waals surface area contributed by atoms with Crippen molar-refractivity contribution >= 4 is 12.0 Å². The first-order chi connectivity index (χ1) is 11.7. The largest absolute Gasteiger partial charge is 0.342 e. The molecule has 2 aliphatic heterocycles. The zero-order valence-electron chi connectivity index (χ0n) is 14.5. The van der Waals surface area contributed by atoms with E-state index in [9.17, 15) is 4.79 Å². The Morgan fingerprint density at radius 1 is 1.25 bits per heavy atom. The van der Waals surface area contributed by atoms with E-state index >= 15 is 0 Å². The Morgan fingerprint density at radius 3 is 2.92 bits per heavy atom. The van der Waals surface area contributed by atoms with Crippen LogP contribution in [0.4, 0.5) is 0 Å². The second-order valence-corrected chi connectivity index (χ2v) is 8.05. The Kier molecular flexibility index (Phi) is 4.21. The molecule has 1 unspecified atom stereocenters. The summed E-state index contributed by atoms with van der Waals surface area (Å²) >= 11 is 0. The van der Waals surface area contributed by atoms with Crippen LogP contribution in [0.1, 0.15) is 43.2 Å². The molecule has 4 rings (SSSR count). The van der Waals surface area contributed by atoms with E-state index in [0.29, 0.717) is 17.2 Å². The molecule has 24 heavy (non-hydrogen) atoms. The number of hydrogen-bond acceptors (Lipinski definition) is 2. The Morgan fingerprint density at radius 2 is 2.12 bits per heavy atom. The molecular weight excluding hydrogens is 296 g/mol. The van der Waals surface area contributed by atoms with Crippen LogP contribution in [0.3, 0.4) is 0 Å². The predicted octanol–water partition coefficient (Wildman–Crippen LogP) is 3.55. The van der Waals surface area contributed by atoms with Crippen LogP contribution >= 0.6 is 0 Å². The molecule has 1 aliphatic carbocycles. The van der Waals surface area contributed by atoms with Gasteiger partial charge in [0.1, 0.15) is 0 Å². The fraction of sp³-hybridized carbons (Fsp3) is 0.571. The molecule has 1 saturated carbocycles. The molecule has 3 aliphatic rings. The van der Waals surface area contributed by atoms with E-state index in [-0.39, 0.29) is 0 Å². The minimum absolute atomic E-state index is 0.346. The molecule has 3 heteroatoms. The van der Waals surface area contributed by atoms with Crippen LogP contribution in [0, 0.1) is 11.3 Å². The summed E-state index contributed by atoms with van der Waals surface area (Å²) in [5, 5.41) is 0. The Hall–Kier alpha value is -1.61. The van der Waals surface area contributed by atoms with Crippen LogP contribution in [0.5, 0.6) is 0 Å². The van der Waals surface area contributed by atoms with Crippen molar-refractivity contribution in [2.24, 2.45) is 11.3 Å². The van der Waals surface area contributed by atoms with Crippen LogP contribution in [0.15, 0.2) is 30.8 Å². The fourth-order valence-electron chi connectivity index (χ4n) is 4.57. The second kappa shape index (κ2) is 6.36. The summed E-state index contributed by atoms with van der Waals surface area (Å²) in [6.45, 7) is 9.17. The highest BCUT2D eigenvalue weighted by molar-refractivity contribution is 5.81. The Balaban J connectivity index is 1.40. The molecule has 1 atom stereocenters. The van der Waals surface area contributed by atoms with Crippen LogP contribution in [-0.2, 0) is 11.3 Å². The summed E-state index contributed by atoms with van der Waals surface area (Å²) in [7, 11) is 0. The Labute approximate surface area is 145 Å². The van der Waals surface area contributed by atoms with Crippen LogP contribution in [0.2, 0.25) is 0 Å². The normalized spacial score (nSPS) is 27.6. The van der Waals surface area contributed by atoms with E-state index in [2.05, 4.69) is 40.6 Å². The second-order valence-electron chi connectivity index (χ2n) is 8.05. The zero-order chi connectivity index (χ0) is 16.6. The molecule has 0 bridgehead atoms. The number of piperidine rings is 1. The molecular formula is C21H28N2O. The van der Waals surface area contributed by atoms with E-state index in [4.69, 9.17) is 0 Å². The molecule has 128 valence electrons. The number of nitrogens with zero attached hydrogens (tertiary/aromatic N) is 2. The molecule has 1 aromatic rings. The van der Waals surface area contributed by atoms with Gasteiger partial charge in [0.25, 0.3) is 0 Å². The third-order valence-electron chi connectivity index (χ3n) is 6.01. The highest BCUT2D eigenvalue weighted by atomic mass is 16.2. The maximum Gasteiger partial charge on any atom is 0.225 e. The summed E-state index contributed by atoms with van der Waals surface area (Å²) in [5.74, 6) is 0.796. The van der Waals surface area contributed by atoms with E-state index in [0.717, 1.165) is 39.0 Å². The van der Waals surface area contributed by atoms with E-state index in [1.165, 1.54) is 36.9 Å². The first kappa shape index (κ1) is 15.9. The van der Waals surface area contributed by atoms with Gasteiger partial charge < -0.3 is 4.90 Å². The molecule has 2 heterocycles. The highest BCUT2D eigenvalue weighted by Crippen LogP contribution is 2.41. The summed E-state index contributed by atoms with van der Waals surface area (Å²) in [5.41, 5.74) is 2.91. The lowest BCUT2D eigenvalue weighted by atomic mass is 9.79. The van der Waals surface area contributed by atoms with Crippen molar-refractivity contribution < 1.29 is 4.79 Å². The number of hydrogen-bond donors (Lipinski definition) is 0. The molecule has 3 fully saturated rings. The number of carbonyl (C=O) groups excluding carboxylic acids is 1. The summed E-state index contributed by atoms with van der Waals surface area (Å²) in [6, 6.07) is 8.68. The van der Waals surface area contributed by atoms with Crippen molar-refractivity contribution in [3.63, 3.8) is 0 Å². The lowest BCUT2D eigenvalue weighted by molar-refractivity contribution is -0.132. The van der Waals surface area contributed by atoms with Gasteiger partial charge in [0, 0.05) is 37.5 Å². The van der Waals surface area contributed by atoms with Crippen molar-refractivity contribution in [3.05, 3.63) is 42.0 Å². The fourth-order valence-corrected chi connectivity index (χ4v) is 4.57. The van der Waals surface area contributed by atoms with Crippen molar-refractivity contribution in [1.29, 1.82) is 0 Å². The highest BCUT2D eigenvalue weighted by Gasteiger charge is 2.45. The summed E-state index contributed by atoms with van der Waals surface area (Å²) in [6.07, 6.45) is 7.88. The molecule has 1 amide bonds. The van der Waals surface area contributed by atoms with Gasteiger partial charge in [-0.05, 0) is 49.8 Å². The molecule has 1 aromatic carbocycles. The maximum atomic E-state index is 12.4. The van der Waals surface area contributed by atoms with Gasteiger partial charge in [0.05, 0.1) is 0 Å². The monoisotopic (exact) mass is 324 g/mol. The topological polar surface area (TPSA) is 23.6 Å². The number of likely N-dealkylation sites (tertiary alicyclic amines) is 2. The van der Waals surface area contributed by atoms with Crippen molar-refractivity contribution in [1.82, 2.24) is 9.80 Å². The van der Waals surface area contributed by atoms with Crippen LogP contribution in [0.25, 0.3) is 6.08 Å². The van der Waals surface area contributed by atoms with E-state index in [1.54, 1.807) is 0 Å². The minimum Gasteiger partial charge on any atom is -0.342 e. The van der Waals surface area contributed by atoms with Gasteiger partial charge in [0.15, 0.2) is 0 Å². The zero-order valence-corrected chi connectivity index (χ0v) is 14.5. The quantitative estimate of drug-likeness (QED) is 0.845. The molecule has 3 nitrogen and oxygen atoms in total. The van der Waals surface area contributed by atoms with Gasteiger partial charge in [0.2, 0.25) is 5.91 Å². The first-order valence-electron chi connectivity index (χ1n) is 9.40. The van der Waals surface area contributed by atoms with Gasteiger partial charge in [-0.1, -0.05) is 36.9 Å². The third kappa shape index (κ3) is 3.27. The molecule has 0 aromatic heterocycles. The van der Waals surface area contributed by atoms with Gasteiger partial charge in [-0.25, -0.2) is 0 Å². The van der Waals surface area contributed by atoms with Gasteiger partial charge >= 0.3 is 0 Å². The summed E-state index contributed by atoms with van der Waals surface area (Å²) in [4.78, 5) is 17.1. The van der Waals surface area contributed by atoms with Crippen molar-refractivity contribution in [2.75, 3.05) is 26.2 Å². The van der Waals surface area contributed by atoms with Gasteiger partial charge in [-0.3, -0.25) is 9.69 Å². The number of carbonyl (C=O) groups is 1. The lowest BCUT2D eigenvalue weighted by Gasteiger charge is -2.40. The number of benzene rings is 1. The van der Waals surface area contributed by atoms with Crippen molar-refractivity contribution in [3.8, 4) is 0 Å². The van der Waals surface area contributed by atoms with Gasteiger partial charge in [-0.2, -0.15) is 0 Å². The molecule has 0 N–H and O–H groups in total. The molecule has 2 saturated heterocycles. The minimum atomic E-state index is 0.346. The van der Waals surface area contributed by atoms with Crippen LogP contribution in [-0.4, -0.2) is 41.9 Å². The predicted molar refractivity (Wildman–Crippen MR) is 97.4 cm³/mol. The maximum absolute atomic E-state index is 12.4. The van der Waals surface area contributed by atoms with E-state index < -0.39 is 0 Å². The average Bonchev–Trinajstić information content (AvgIpc) is 3.37. The van der Waals surface area contributed by atoms with Gasteiger partial charge in [-0.15, -0.1) is 0 Å². The van der Waals surface area contributed by atoms with E-state index in [1.807, 2.05) is 6.08 Å². The number of rotatable bonds is 4. The lowest BCUT2D eigenvalue weighted by Crippen LogP contribution is -2.45. The summed E-state index contributed by atoms with van der Waals surface area (Å²) < 4.78 is 0. The standard InChI is InChI=1S/C21H28N2O/c1-2-17-5-3-6-18(13-17)14-22-11-4-9-21(15-22)10-12-23(16-21)20(24)19-7-8-19/h2-3,5-6,13,19H,1,4,7-12,14-16H2. The SMILES string of the molecule is C=Cc1cccc(CN2CCCC3(CCN(C(=O)C4CC4)C3)C2)c1. The number of amides is 1.